The maximum absolute atomic E-state index is 9.89. The van der Waals surface area contributed by atoms with Crippen molar-refractivity contribution in [3.63, 3.8) is 0 Å². The Hall–Kier alpha value is -6.28. The minimum atomic E-state index is -0.768. The van der Waals surface area contributed by atoms with Crippen molar-refractivity contribution in [2.24, 2.45) is 0 Å². The highest BCUT2D eigenvalue weighted by atomic mass is 32.1. The Bertz CT molecular complexity index is 3150. The molecule has 2 N–H and O–H groups in total. The summed E-state index contributed by atoms with van der Waals surface area (Å²) in [5.74, 6) is 1.46. The van der Waals surface area contributed by atoms with Crippen molar-refractivity contribution in [1.82, 2.24) is 0 Å². The van der Waals surface area contributed by atoms with E-state index in [1.807, 2.05) is 0 Å². The average molecular weight is 803 g/mol. The molecule has 7 aromatic carbocycles. The highest BCUT2D eigenvalue weighted by Gasteiger charge is 2.42. The van der Waals surface area contributed by atoms with Crippen LogP contribution in [0.4, 0.5) is 0 Å². The maximum Gasteiger partial charge on any atom is 0.127 e. The molecule has 2 heterocycles. The van der Waals surface area contributed by atoms with Crippen LogP contribution in [0.5, 0.6) is 11.5 Å². The lowest BCUT2D eigenvalue weighted by molar-refractivity contribution is 0.202. The highest BCUT2D eigenvalue weighted by molar-refractivity contribution is 7.18. The first-order valence-electron chi connectivity index (χ1n) is 19.9. The minimum Gasteiger partial charge on any atom is -0.491 e. The number of rotatable bonds is 10. The van der Waals surface area contributed by atoms with E-state index >= 15 is 0 Å². The number of fused-ring (bicyclic) bond motifs is 8. The van der Waals surface area contributed by atoms with Crippen LogP contribution in [0, 0.1) is 0 Å². The van der Waals surface area contributed by atoms with Gasteiger partial charge in [-0.25, -0.2) is 0 Å². The molecule has 286 valence electrons. The summed E-state index contributed by atoms with van der Waals surface area (Å²) >= 11 is 3.45. The minimum absolute atomic E-state index is 0.0799. The molecule has 4 nitrogen and oxygen atoms in total. The Morgan fingerprint density at radius 1 is 0.508 bits per heavy atom. The largest absolute Gasteiger partial charge is 0.491 e. The van der Waals surface area contributed by atoms with Crippen LogP contribution in [-0.4, -0.2) is 36.6 Å². The number of aliphatic hydroxyl groups excluding tert-OH is 2. The molecule has 0 bridgehead atoms. The van der Waals surface area contributed by atoms with Gasteiger partial charge in [-0.05, 0) is 108 Å². The zero-order valence-corrected chi connectivity index (χ0v) is 33.7. The van der Waals surface area contributed by atoms with E-state index in [1.54, 1.807) is 22.7 Å². The van der Waals surface area contributed by atoms with Crippen molar-refractivity contribution in [2.75, 3.05) is 26.4 Å². The zero-order valence-electron chi connectivity index (χ0n) is 32.0. The molecule has 0 saturated heterocycles. The predicted molar refractivity (Wildman–Crippen MR) is 244 cm³/mol. The van der Waals surface area contributed by atoms with Gasteiger partial charge in [-0.2, -0.15) is 0 Å². The van der Waals surface area contributed by atoms with Gasteiger partial charge < -0.3 is 19.7 Å². The second-order valence-electron chi connectivity index (χ2n) is 15.1. The number of aliphatic hydroxyl groups is 2. The Kier molecular flexibility index (Phi) is 8.82. The first-order chi connectivity index (χ1) is 29.2. The molecule has 6 heteroatoms. The number of hydrogen-bond donors (Lipinski definition) is 2. The molecule has 2 aliphatic rings. The third-order valence-corrected chi connectivity index (χ3v) is 13.8. The summed E-state index contributed by atoms with van der Waals surface area (Å²) in [4.78, 5) is 0. The van der Waals surface area contributed by atoms with Crippen LogP contribution >= 0.6 is 22.7 Å². The molecule has 11 rings (SSSR count). The Morgan fingerprint density at radius 3 is 1.69 bits per heavy atom. The van der Waals surface area contributed by atoms with Crippen molar-refractivity contribution in [3.8, 4) is 33.8 Å². The number of thiophene rings is 2. The first-order valence-corrected chi connectivity index (χ1v) is 21.7. The summed E-state index contributed by atoms with van der Waals surface area (Å²) in [6.07, 6.45) is 4.84. The molecule has 0 unspecified atom stereocenters. The SMILES string of the molecule is OCCOc1ccc(C2(c3ccc(OCCO)c(-c4csc5ccccc45)c3)C=C3C=c4ccc5ccccc5c4=C3c3ccccc32)cc1-c1csc2ccccc12. The van der Waals surface area contributed by atoms with E-state index in [-0.39, 0.29) is 26.4 Å². The zero-order chi connectivity index (χ0) is 39.5. The quantitative estimate of drug-likeness (QED) is 0.145. The van der Waals surface area contributed by atoms with Crippen LogP contribution in [0.1, 0.15) is 22.3 Å². The van der Waals surface area contributed by atoms with Crippen LogP contribution in [0.2, 0.25) is 0 Å². The summed E-state index contributed by atoms with van der Waals surface area (Å²) in [5.41, 5.74) is 10.4. The average Bonchev–Trinajstić information content (AvgIpc) is 4.03. The molecule has 2 aromatic heterocycles. The Morgan fingerprint density at radius 2 is 1.07 bits per heavy atom. The van der Waals surface area contributed by atoms with Crippen LogP contribution < -0.4 is 19.9 Å². The van der Waals surface area contributed by atoms with Gasteiger partial charge in [0.15, 0.2) is 0 Å². The monoisotopic (exact) mass is 802 g/mol. The third-order valence-electron chi connectivity index (χ3n) is 11.9. The summed E-state index contributed by atoms with van der Waals surface area (Å²) in [7, 11) is 0. The van der Waals surface area contributed by atoms with Gasteiger partial charge in [0.2, 0.25) is 0 Å². The van der Waals surface area contributed by atoms with E-state index in [2.05, 4.69) is 169 Å². The van der Waals surface area contributed by atoms with Crippen LogP contribution in [-0.2, 0) is 5.41 Å². The maximum atomic E-state index is 9.89. The summed E-state index contributed by atoms with van der Waals surface area (Å²) in [5, 5.41) is 31.5. The molecule has 9 aromatic rings. The van der Waals surface area contributed by atoms with E-state index in [1.165, 1.54) is 63.7 Å². The second-order valence-corrected chi connectivity index (χ2v) is 16.9. The normalized spacial score (nSPS) is 13.9. The molecule has 2 aliphatic carbocycles. The van der Waals surface area contributed by atoms with Gasteiger partial charge in [0.25, 0.3) is 0 Å². The van der Waals surface area contributed by atoms with Crippen LogP contribution in [0.15, 0.2) is 168 Å². The van der Waals surface area contributed by atoms with Gasteiger partial charge in [0.1, 0.15) is 24.7 Å². The highest BCUT2D eigenvalue weighted by Crippen LogP contribution is 2.53. The van der Waals surface area contributed by atoms with Gasteiger partial charge in [-0.3, -0.25) is 0 Å². The van der Waals surface area contributed by atoms with Gasteiger partial charge in [-0.15, -0.1) is 22.7 Å². The first kappa shape index (κ1) is 35.8. The van der Waals surface area contributed by atoms with Crippen molar-refractivity contribution in [1.29, 1.82) is 0 Å². The number of hydrogen-bond acceptors (Lipinski definition) is 6. The lowest BCUT2D eigenvalue weighted by Crippen LogP contribution is -2.33. The fourth-order valence-corrected chi connectivity index (χ4v) is 11.3. The fourth-order valence-electron chi connectivity index (χ4n) is 9.38. The molecule has 0 atom stereocenters. The van der Waals surface area contributed by atoms with Crippen LogP contribution in [0.25, 0.3) is 64.8 Å². The fraction of sp³-hybridized carbons (Fsp3) is 0.0943. The van der Waals surface area contributed by atoms with Crippen molar-refractivity contribution < 1.29 is 19.7 Å². The molecule has 59 heavy (non-hydrogen) atoms. The standard InChI is InChI=1S/C53H38O4S2/c54-23-25-56-47-21-19-36(28-42(47)44-31-58-49-15-7-4-11-39(44)49)53(37-20-22-48(57-26-24-55)43(29-37)45-32-59-50-16-8-5-12-40(45)50)30-35-27-34-18-17-33-9-1-2-10-38(33)51(34)52(35)41-13-3-6-14-46(41)53/h1-22,27-32,54-55H,23-26H2. The molecule has 0 amide bonds. The van der Waals surface area contributed by atoms with E-state index in [9.17, 15) is 10.2 Å². The predicted octanol–water partition coefficient (Wildman–Crippen LogP) is 10.6. The lowest BCUT2D eigenvalue weighted by Gasteiger charge is -2.39. The van der Waals surface area contributed by atoms with E-state index < -0.39 is 5.41 Å². The van der Waals surface area contributed by atoms with Gasteiger partial charge in [0.05, 0.1) is 18.6 Å². The van der Waals surface area contributed by atoms with Gasteiger partial charge in [0, 0.05) is 42.4 Å². The number of ether oxygens (including phenoxy) is 2. The number of allylic oxidation sites excluding steroid dienone is 2. The smallest absolute Gasteiger partial charge is 0.127 e. The van der Waals surface area contributed by atoms with E-state index in [0.29, 0.717) is 0 Å². The summed E-state index contributed by atoms with van der Waals surface area (Å²) < 4.78 is 15.0. The van der Waals surface area contributed by atoms with E-state index in [4.69, 9.17) is 9.47 Å². The molecule has 0 spiro atoms. The molecule has 0 aliphatic heterocycles. The molecular formula is C53H38O4S2. The number of benzene rings is 7. The van der Waals surface area contributed by atoms with Gasteiger partial charge >= 0.3 is 0 Å². The van der Waals surface area contributed by atoms with Crippen molar-refractivity contribution in [2.45, 2.75) is 5.41 Å². The van der Waals surface area contributed by atoms with Gasteiger partial charge in [-0.1, -0.05) is 115 Å². The van der Waals surface area contributed by atoms with Crippen molar-refractivity contribution >= 4 is 65.3 Å². The summed E-state index contributed by atoms with van der Waals surface area (Å²) in [6, 6.07) is 52.3. The van der Waals surface area contributed by atoms with Crippen LogP contribution in [0.3, 0.4) is 0 Å². The van der Waals surface area contributed by atoms with Crippen molar-refractivity contribution in [3.05, 3.63) is 201 Å². The second kappa shape index (κ2) is 14.5. The molecular weight excluding hydrogens is 765 g/mol. The Labute approximate surface area is 349 Å². The molecule has 0 fully saturated rings. The summed E-state index contributed by atoms with van der Waals surface area (Å²) in [6.45, 7) is 0.227. The third kappa shape index (κ3) is 5.70. The Balaban J connectivity index is 1.25. The van der Waals surface area contributed by atoms with E-state index in [0.717, 1.165) is 44.9 Å². The molecule has 0 radical (unpaired) electrons. The lowest BCUT2D eigenvalue weighted by atomic mass is 9.62. The molecule has 0 saturated carbocycles. The topological polar surface area (TPSA) is 58.9 Å².